The van der Waals surface area contributed by atoms with Crippen molar-refractivity contribution < 1.29 is 13.2 Å². The van der Waals surface area contributed by atoms with Crippen LogP contribution in [0.15, 0.2) is 57.9 Å². The number of sulfonamides is 1. The van der Waals surface area contributed by atoms with E-state index in [1.165, 1.54) is 16.4 Å². The Balaban J connectivity index is 2.25. The van der Waals surface area contributed by atoms with Gasteiger partial charge in [-0.15, -0.1) is 0 Å². The van der Waals surface area contributed by atoms with Crippen molar-refractivity contribution in [3.63, 3.8) is 0 Å². The van der Waals surface area contributed by atoms with E-state index in [0.29, 0.717) is 11.6 Å². The lowest BCUT2D eigenvalue weighted by molar-refractivity contribution is -0.121. The van der Waals surface area contributed by atoms with E-state index in [1.54, 1.807) is 36.4 Å². The number of hydrogen-bond donors (Lipinski definition) is 1. The average molecular weight is 474 g/mol. The molecule has 0 saturated heterocycles. The summed E-state index contributed by atoms with van der Waals surface area (Å²) in [5.74, 6) is -0.321. The minimum Gasteiger partial charge on any atom is -0.355 e. The predicted octanol–water partition coefficient (Wildman–Crippen LogP) is 4.21. The summed E-state index contributed by atoms with van der Waals surface area (Å²) >= 11 is 9.20. The van der Waals surface area contributed by atoms with Crippen LogP contribution in [0.1, 0.15) is 25.3 Å². The van der Waals surface area contributed by atoms with Crippen LogP contribution < -0.4 is 5.32 Å². The van der Waals surface area contributed by atoms with Crippen LogP contribution in [0.25, 0.3) is 0 Å². The molecule has 5 nitrogen and oxygen atoms in total. The average Bonchev–Trinajstić information content (AvgIpc) is 2.63. The van der Waals surface area contributed by atoms with Crippen LogP contribution in [-0.2, 0) is 21.4 Å². The molecule has 0 fully saturated rings. The molecular weight excluding hydrogens is 452 g/mol. The number of hydrogen-bond acceptors (Lipinski definition) is 3. The third-order valence-electron chi connectivity index (χ3n) is 3.90. The first-order valence-corrected chi connectivity index (χ1v) is 11.2. The Labute approximate surface area is 173 Å². The first-order chi connectivity index (χ1) is 12.8. The van der Waals surface area contributed by atoms with Gasteiger partial charge < -0.3 is 5.32 Å². The van der Waals surface area contributed by atoms with Crippen molar-refractivity contribution in [1.82, 2.24) is 9.62 Å². The maximum atomic E-state index is 13.1. The lowest BCUT2D eigenvalue weighted by Crippen LogP contribution is -2.40. The second kappa shape index (κ2) is 10.2. The highest BCUT2D eigenvalue weighted by Gasteiger charge is 2.26. The van der Waals surface area contributed by atoms with Gasteiger partial charge in [0.15, 0.2) is 0 Å². The van der Waals surface area contributed by atoms with Gasteiger partial charge >= 0.3 is 0 Å². The Kier molecular flexibility index (Phi) is 8.28. The summed E-state index contributed by atoms with van der Waals surface area (Å²) in [4.78, 5) is 12.4. The number of rotatable bonds is 9. The Morgan fingerprint density at radius 1 is 1.11 bits per heavy atom. The lowest BCUT2D eigenvalue weighted by Gasteiger charge is -2.22. The molecule has 8 heteroatoms. The molecule has 1 amide bonds. The fraction of sp³-hybridized carbons (Fsp3) is 0.316. The van der Waals surface area contributed by atoms with Crippen LogP contribution in [0, 0.1) is 0 Å². The summed E-state index contributed by atoms with van der Waals surface area (Å²) in [5.41, 5.74) is 0.751. The highest BCUT2D eigenvalue weighted by molar-refractivity contribution is 9.10. The van der Waals surface area contributed by atoms with Gasteiger partial charge in [-0.2, -0.15) is 4.31 Å². The van der Waals surface area contributed by atoms with Gasteiger partial charge in [0.25, 0.3) is 0 Å². The lowest BCUT2D eigenvalue weighted by atomic mass is 10.2. The van der Waals surface area contributed by atoms with Crippen molar-refractivity contribution in [3.8, 4) is 0 Å². The largest absolute Gasteiger partial charge is 0.355 e. The minimum atomic E-state index is -3.83. The Morgan fingerprint density at radius 2 is 1.74 bits per heavy atom. The predicted molar refractivity (Wildman–Crippen MR) is 111 cm³/mol. The maximum absolute atomic E-state index is 13.1. The Bertz CT molecular complexity index is 856. The quantitative estimate of drug-likeness (QED) is 0.555. The molecule has 146 valence electrons. The van der Waals surface area contributed by atoms with Gasteiger partial charge in [-0.3, -0.25) is 4.79 Å². The number of halogens is 2. The van der Waals surface area contributed by atoms with Gasteiger partial charge in [0.05, 0.1) is 11.4 Å². The molecule has 27 heavy (non-hydrogen) atoms. The van der Waals surface area contributed by atoms with E-state index in [9.17, 15) is 13.2 Å². The van der Waals surface area contributed by atoms with E-state index in [0.717, 1.165) is 22.9 Å². The zero-order valence-corrected chi connectivity index (χ0v) is 18.1. The molecule has 0 spiro atoms. The molecule has 1 N–H and O–H groups in total. The molecule has 0 aliphatic heterocycles. The van der Waals surface area contributed by atoms with E-state index in [2.05, 4.69) is 21.2 Å². The van der Waals surface area contributed by atoms with Gasteiger partial charge in [0, 0.05) is 22.6 Å². The summed E-state index contributed by atoms with van der Waals surface area (Å²) < 4.78 is 28.1. The van der Waals surface area contributed by atoms with E-state index in [-0.39, 0.29) is 23.9 Å². The molecule has 0 unspecified atom stereocenters. The van der Waals surface area contributed by atoms with E-state index < -0.39 is 10.0 Å². The first kappa shape index (κ1) is 21.9. The summed E-state index contributed by atoms with van der Waals surface area (Å²) in [5, 5.41) is 3.34. The molecule has 2 aromatic rings. The van der Waals surface area contributed by atoms with Gasteiger partial charge in [0.2, 0.25) is 15.9 Å². The van der Waals surface area contributed by atoms with E-state index >= 15 is 0 Å². The van der Waals surface area contributed by atoms with Crippen molar-refractivity contribution in [2.45, 2.75) is 31.2 Å². The maximum Gasteiger partial charge on any atom is 0.243 e. The van der Waals surface area contributed by atoms with Crippen molar-refractivity contribution in [1.29, 1.82) is 0 Å². The molecule has 0 aromatic heterocycles. The SMILES string of the molecule is CCCCNC(=O)CN(Cc1ccc(Cl)cc1)S(=O)(=O)c1ccc(Br)cc1. The van der Waals surface area contributed by atoms with Gasteiger partial charge in [-0.25, -0.2) is 8.42 Å². The van der Waals surface area contributed by atoms with Crippen molar-refractivity contribution in [3.05, 3.63) is 63.6 Å². The number of unbranched alkanes of at least 4 members (excludes halogenated alkanes) is 1. The van der Waals surface area contributed by atoms with E-state index in [1.807, 2.05) is 6.92 Å². The number of amides is 1. The van der Waals surface area contributed by atoms with Crippen LogP contribution >= 0.6 is 27.5 Å². The zero-order chi connectivity index (χ0) is 19.9. The Morgan fingerprint density at radius 3 is 2.33 bits per heavy atom. The number of nitrogens with zero attached hydrogens (tertiary/aromatic N) is 1. The van der Waals surface area contributed by atoms with Crippen molar-refractivity contribution >= 4 is 43.5 Å². The van der Waals surface area contributed by atoms with Crippen LogP contribution in [0.4, 0.5) is 0 Å². The molecule has 0 atom stereocenters. The normalized spacial score (nSPS) is 11.6. The zero-order valence-electron chi connectivity index (χ0n) is 15.0. The summed E-state index contributed by atoms with van der Waals surface area (Å²) in [6.07, 6.45) is 1.80. The molecule has 0 heterocycles. The molecule has 0 aliphatic carbocycles. The molecule has 0 bridgehead atoms. The van der Waals surface area contributed by atoms with Crippen molar-refractivity contribution in [2.75, 3.05) is 13.1 Å². The highest BCUT2D eigenvalue weighted by atomic mass is 79.9. The summed E-state index contributed by atoms with van der Waals surface area (Å²) in [6, 6.07) is 13.3. The van der Waals surface area contributed by atoms with Crippen molar-refractivity contribution in [2.24, 2.45) is 0 Å². The molecule has 2 rings (SSSR count). The third-order valence-corrected chi connectivity index (χ3v) is 6.48. The fourth-order valence-corrected chi connectivity index (χ4v) is 4.17. The topological polar surface area (TPSA) is 66.5 Å². The van der Waals surface area contributed by atoms with Crippen LogP contribution in [0.5, 0.6) is 0 Å². The summed E-state index contributed by atoms with van der Waals surface area (Å²) in [7, 11) is -3.83. The van der Waals surface area contributed by atoms with Gasteiger partial charge in [-0.05, 0) is 48.4 Å². The fourth-order valence-electron chi connectivity index (χ4n) is 2.40. The standard InChI is InChI=1S/C19H22BrClN2O3S/c1-2-3-12-22-19(24)14-23(13-15-4-8-17(21)9-5-15)27(25,26)18-10-6-16(20)7-11-18/h4-11H,2-3,12-14H2,1H3,(H,22,24). The third kappa shape index (κ3) is 6.60. The highest BCUT2D eigenvalue weighted by Crippen LogP contribution is 2.21. The molecule has 0 radical (unpaired) electrons. The number of nitrogens with one attached hydrogen (secondary N) is 1. The second-order valence-electron chi connectivity index (χ2n) is 6.06. The first-order valence-electron chi connectivity index (χ1n) is 8.60. The molecule has 0 aliphatic rings. The van der Waals surface area contributed by atoms with Crippen LogP contribution in [0.3, 0.4) is 0 Å². The van der Waals surface area contributed by atoms with Gasteiger partial charge in [0.1, 0.15) is 0 Å². The number of carbonyl (C=O) groups is 1. The van der Waals surface area contributed by atoms with E-state index in [4.69, 9.17) is 11.6 Å². The van der Waals surface area contributed by atoms with Crippen LogP contribution in [-0.4, -0.2) is 31.7 Å². The molecule has 0 saturated carbocycles. The molecule has 2 aromatic carbocycles. The Hall–Kier alpha value is -1.41. The van der Waals surface area contributed by atoms with Crippen LogP contribution in [0.2, 0.25) is 5.02 Å². The number of benzene rings is 2. The smallest absolute Gasteiger partial charge is 0.243 e. The molecular formula is C19H22BrClN2O3S. The monoisotopic (exact) mass is 472 g/mol. The second-order valence-corrected chi connectivity index (χ2v) is 9.35. The van der Waals surface area contributed by atoms with Gasteiger partial charge in [-0.1, -0.05) is 53.0 Å². The summed E-state index contributed by atoms with van der Waals surface area (Å²) in [6.45, 7) is 2.39. The minimum absolute atomic E-state index is 0.0801. The number of carbonyl (C=O) groups excluding carboxylic acids is 1.